The van der Waals surface area contributed by atoms with E-state index >= 15 is 0 Å². The first-order valence-electron chi connectivity index (χ1n) is 9.18. The van der Waals surface area contributed by atoms with Crippen LogP contribution in [0.15, 0.2) is 48.5 Å². The molecule has 1 aliphatic heterocycles. The predicted octanol–water partition coefficient (Wildman–Crippen LogP) is 2.61. The van der Waals surface area contributed by atoms with Crippen molar-refractivity contribution in [3.05, 3.63) is 54.1 Å². The van der Waals surface area contributed by atoms with Gasteiger partial charge in [0.2, 0.25) is 5.88 Å². The molecule has 2 heterocycles. The number of anilines is 1. The minimum atomic E-state index is 0.0642. The number of rotatable bonds is 4. The molecule has 0 unspecified atom stereocenters. The van der Waals surface area contributed by atoms with Gasteiger partial charge in [-0.25, -0.2) is 0 Å². The van der Waals surface area contributed by atoms with E-state index in [4.69, 9.17) is 9.47 Å². The van der Waals surface area contributed by atoms with E-state index in [1.165, 1.54) is 7.11 Å². The highest BCUT2D eigenvalue weighted by atomic mass is 16.5. The topological polar surface area (TPSA) is 67.8 Å². The van der Waals surface area contributed by atoms with Gasteiger partial charge in [-0.05, 0) is 16.8 Å². The largest absolute Gasteiger partial charge is 0.481 e. The van der Waals surface area contributed by atoms with Gasteiger partial charge in [-0.15, -0.1) is 0 Å². The molecule has 0 aliphatic carbocycles. The van der Waals surface area contributed by atoms with Crippen LogP contribution in [-0.2, 0) is 0 Å². The minimum absolute atomic E-state index is 0.0642. The highest BCUT2D eigenvalue weighted by molar-refractivity contribution is 6.07. The molecule has 7 heteroatoms. The second-order valence-corrected chi connectivity index (χ2v) is 6.56. The maximum absolute atomic E-state index is 13.1. The Morgan fingerprint density at radius 1 is 0.929 bits per heavy atom. The van der Waals surface area contributed by atoms with E-state index in [1.807, 2.05) is 47.4 Å². The third-order valence-corrected chi connectivity index (χ3v) is 4.97. The van der Waals surface area contributed by atoms with Crippen molar-refractivity contribution in [1.82, 2.24) is 14.9 Å². The summed E-state index contributed by atoms with van der Waals surface area (Å²) >= 11 is 0. The Morgan fingerprint density at radius 3 is 2.43 bits per heavy atom. The molecule has 1 aliphatic rings. The van der Waals surface area contributed by atoms with Gasteiger partial charge < -0.3 is 19.3 Å². The van der Waals surface area contributed by atoms with E-state index in [9.17, 15) is 4.79 Å². The van der Waals surface area contributed by atoms with Crippen molar-refractivity contribution in [3.8, 4) is 11.9 Å². The number of methoxy groups -OCH3 is 2. The molecule has 0 atom stereocenters. The van der Waals surface area contributed by atoms with Gasteiger partial charge in [-0.2, -0.15) is 9.97 Å². The van der Waals surface area contributed by atoms with Crippen molar-refractivity contribution in [2.24, 2.45) is 0 Å². The van der Waals surface area contributed by atoms with Crippen LogP contribution >= 0.6 is 0 Å². The van der Waals surface area contributed by atoms with Gasteiger partial charge in [0.15, 0.2) is 0 Å². The molecule has 2 aromatic carbocycles. The summed E-state index contributed by atoms with van der Waals surface area (Å²) in [5, 5.41) is 2.06. The molecule has 0 bridgehead atoms. The first kappa shape index (κ1) is 18.0. The van der Waals surface area contributed by atoms with Crippen molar-refractivity contribution < 1.29 is 14.3 Å². The monoisotopic (exact) mass is 378 g/mol. The molecule has 4 rings (SSSR count). The summed E-state index contributed by atoms with van der Waals surface area (Å²) in [6.07, 6.45) is 0. The number of benzene rings is 2. The SMILES string of the molecule is COc1cc(N2CCN(C(=O)c3cccc4ccccc34)CC2)nc(OC)n1. The van der Waals surface area contributed by atoms with Crippen LogP contribution in [0, 0.1) is 0 Å². The summed E-state index contributed by atoms with van der Waals surface area (Å²) in [5.41, 5.74) is 0.747. The lowest BCUT2D eigenvalue weighted by molar-refractivity contribution is 0.0748. The van der Waals surface area contributed by atoms with Crippen LogP contribution in [-0.4, -0.2) is 61.2 Å². The molecule has 1 amide bonds. The molecule has 144 valence electrons. The molecular weight excluding hydrogens is 356 g/mol. The number of amides is 1. The molecule has 0 saturated carbocycles. The Kier molecular flexibility index (Phi) is 4.97. The minimum Gasteiger partial charge on any atom is -0.481 e. The number of carbonyl (C=O) groups excluding carboxylic acids is 1. The lowest BCUT2D eigenvalue weighted by Crippen LogP contribution is -2.49. The fraction of sp³-hybridized carbons (Fsp3) is 0.286. The van der Waals surface area contributed by atoms with Crippen LogP contribution in [0.4, 0.5) is 5.82 Å². The molecule has 0 N–H and O–H groups in total. The summed E-state index contributed by atoms with van der Waals surface area (Å²) in [4.78, 5) is 25.6. The fourth-order valence-corrected chi connectivity index (χ4v) is 3.47. The Morgan fingerprint density at radius 2 is 1.68 bits per heavy atom. The van der Waals surface area contributed by atoms with Gasteiger partial charge in [0.1, 0.15) is 5.82 Å². The summed E-state index contributed by atoms with van der Waals surface area (Å²) < 4.78 is 10.4. The number of hydrogen-bond acceptors (Lipinski definition) is 6. The van der Waals surface area contributed by atoms with E-state index in [0.29, 0.717) is 32.1 Å². The number of aromatic nitrogens is 2. The number of carbonyl (C=O) groups is 1. The van der Waals surface area contributed by atoms with E-state index in [0.717, 1.165) is 22.2 Å². The molecule has 1 aromatic heterocycles. The number of nitrogens with zero attached hydrogens (tertiary/aromatic N) is 4. The van der Waals surface area contributed by atoms with Crippen LogP contribution < -0.4 is 14.4 Å². The molecule has 1 fully saturated rings. The highest BCUT2D eigenvalue weighted by Crippen LogP contribution is 2.24. The lowest BCUT2D eigenvalue weighted by Gasteiger charge is -2.35. The molecule has 0 radical (unpaired) electrons. The fourth-order valence-electron chi connectivity index (χ4n) is 3.47. The van der Waals surface area contributed by atoms with E-state index in [1.54, 1.807) is 13.2 Å². The van der Waals surface area contributed by atoms with Crippen LogP contribution in [0.25, 0.3) is 10.8 Å². The van der Waals surface area contributed by atoms with Crippen LogP contribution in [0.2, 0.25) is 0 Å². The zero-order chi connectivity index (χ0) is 19.5. The zero-order valence-corrected chi connectivity index (χ0v) is 16.0. The second-order valence-electron chi connectivity index (χ2n) is 6.56. The Bertz CT molecular complexity index is 972. The summed E-state index contributed by atoms with van der Waals surface area (Å²) in [6, 6.07) is 15.9. The number of hydrogen-bond donors (Lipinski definition) is 0. The first-order valence-corrected chi connectivity index (χ1v) is 9.18. The van der Waals surface area contributed by atoms with E-state index < -0.39 is 0 Å². The molecular formula is C21H22N4O3. The highest BCUT2D eigenvalue weighted by Gasteiger charge is 2.24. The maximum Gasteiger partial charge on any atom is 0.321 e. The van der Waals surface area contributed by atoms with Crippen LogP contribution in [0.5, 0.6) is 11.9 Å². The summed E-state index contributed by atoms with van der Waals surface area (Å²) in [5.74, 6) is 1.26. The first-order chi connectivity index (χ1) is 13.7. The van der Waals surface area contributed by atoms with Crippen LogP contribution in [0.1, 0.15) is 10.4 Å². The lowest BCUT2D eigenvalue weighted by atomic mass is 10.0. The standard InChI is InChI=1S/C21H22N4O3/c1-27-19-14-18(22-21(23-19)28-2)24-10-12-25(13-11-24)20(26)17-9-5-7-15-6-3-4-8-16(15)17/h3-9,14H,10-13H2,1-2H3. The summed E-state index contributed by atoms with van der Waals surface area (Å²) in [6.45, 7) is 2.60. The molecule has 0 spiro atoms. The molecule has 1 saturated heterocycles. The van der Waals surface area contributed by atoms with E-state index in [-0.39, 0.29) is 11.9 Å². The van der Waals surface area contributed by atoms with Gasteiger partial charge in [0, 0.05) is 37.8 Å². The Hall–Kier alpha value is -3.35. The Balaban J connectivity index is 1.50. The zero-order valence-electron chi connectivity index (χ0n) is 16.0. The average molecular weight is 378 g/mol. The third-order valence-electron chi connectivity index (χ3n) is 4.97. The smallest absolute Gasteiger partial charge is 0.321 e. The van der Waals surface area contributed by atoms with Crippen LogP contribution in [0.3, 0.4) is 0 Å². The normalized spacial score (nSPS) is 14.2. The van der Waals surface area contributed by atoms with Crippen molar-refractivity contribution in [3.63, 3.8) is 0 Å². The van der Waals surface area contributed by atoms with E-state index in [2.05, 4.69) is 14.9 Å². The maximum atomic E-state index is 13.1. The van der Waals surface area contributed by atoms with Crippen molar-refractivity contribution >= 4 is 22.5 Å². The van der Waals surface area contributed by atoms with Gasteiger partial charge >= 0.3 is 6.01 Å². The Labute approximate surface area is 163 Å². The predicted molar refractivity (Wildman–Crippen MR) is 107 cm³/mol. The molecule has 3 aromatic rings. The quantitative estimate of drug-likeness (QED) is 0.695. The van der Waals surface area contributed by atoms with Crippen molar-refractivity contribution in [2.45, 2.75) is 0 Å². The van der Waals surface area contributed by atoms with Crippen molar-refractivity contribution in [1.29, 1.82) is 0 Å². The van der Waals surface area contributed by atoms with Gasteiger partial charge in [0.25, 0.3) is 5.91 Å². The average Bonchev–Trinajstić information content (AvgIpc) is 2.78. The van der Waals surface area contributed by atoms with Gasteiger partial charge in [0.05, 0.1) is 14.2 Å². The van der Waals surface area contributed by atoms with Gasteiger partial charge in [-0.3, -0.25) is 4.79 Å². The number of fused-ring (bicyclic) bond motifs is 1. The molecule has 7 nitrogen and oxygen atoms in total. The third kappa shape index (κ3) is 3.43. The van der Waals surface area contributed by atoms with Crippen molar-refractivity contribution in [2.75, 3.05) is 45.3 Å². The number of ether oxygens (including phenoxy) is 2. The number of piperazine rings is 1. The second kappa shape index (κ2) is 7.72. The van der Waals surface area contributed by atoms with Gasteiger partial charge in [-0.1, -0.05) is 36.4 Å². The summed E-state index contributed by atoms with van der Waals surface area (Å²) in [7, 11) is 3.09. The molecule has 28 heavy (non-hydrogen) atoms.